The average Bonchev–Trinajstić information content (AvgIpc) is 2.95. The highest BCUT2D eigenvalue weighted by Crippen LogP contribution is 2.36. The molecule has 0 bridgehead atoms. The van der Waals surface area contributed by atoms with Crippen molar-refractivity contribution in [3.05, 3.63) is 69.9 Å². The van der Waals surface area contributed by atoms with Gasteiger partial charge in [-0.25, -0.2) is 0 Å². The van der Waals surface area contributed by atoms with Gasteiger partial charge in [-0.15, -0.1) is 0 Å². The number of non-ortho nitro benzene ring substituents is 1. The number of hydrogen-bond donors (Lipinski definition) is 2. The summed E-state index contributed by atoms with van der Waals surface area (Å²) < 4.78 is 0. The molecule has 0 saturated heterocycles. The average molecular weight is 307 g/mol. The van der Waals surface area contributed by atoms with E-state index in [2.05, 4.69) is 28.5 Å². The van der Waals surface area contributed by atoms with Crippen LogP contribution in [0.5, 0.6) is 0 Å². The summed E-state index contributed by atoms with van der Waals surface area (Å²) in [5.74, 6) is 0. The maximum absolute atomic E-state index is 10.7. The molecule has 1 heterocycles. The second-order valence-electron chi connectivity index (χ2n) is 5.96. The molecule has 0 radical (unpaired) electrons. The molecular formula is C18H17N3O2. The minimum absolute atomic E-state index is 0.116. The molecule has 0 unspecified atom stereocenters. The van der Waals surface area contributed by atoms with Crippen molar-refractivity contribution in [2.24, 2.45) is 0 Å². The van der Waals surface area contributed by atoms with E-state index in [9.17, 15) is 10.1 Å². The van der Waals surface area contributed by atoms with Crippen molar-refractivity contribution in [3.63, 3.8) is 0 Å². The summed E-state index contributed by atoms with van der Waals surface area (Å²) in [6.07, 6.45) is 3.29. The van der Waals surface area contributed by atoms with E-state index in [1.165, 1.54) is 34.3 Å². The number of aryl methyl sites for hydroxylation is 1. The first-order chi connectivity index (χ1) is 11.2. The van der Waals surface area contributed by atoms with Gasteiger partial charge in [0.15, 0.2) is 0 Å². The lowest BCUT2D eigenvalue weighted by atomic mass is 9.91. The predicted octanol–water partition coefficient (Wildman–Crippen LogP) is 4.57. The predicted molar refractivity (Wildman–Crippen MR) is 90.7 cm³/mol. The number of anilines is 1. The number of nitrogens with one attached hydrogen (secondary N) is 2. The zero-order valence-corrected chi connectivity index (χ0v) is 12.6. The van der Waals surface area contributed by atoms with Gasteiger partial charge in [0.25, 0.3) is 5.69 Å². The van der Waals surface area contributed by atoms with Crippen LogP contribution in [0.3, 0.4) is 0 Å². The Labute approximate surface area is 133 Å². The van der Waals surface area contributed by atoms with Crippen LogP contribution in [-0.2, 0) is 6.42 Å². The zero-order valence-electron chi connectivity index (χ0n) is 12.6. The summed E-state index contributed by atoms with van der Waals surface area (Å²) in [6, 6.07) is 15.2. The van der Waals surface area contributed by atoms with Gasteiger partial charge >= 0.3 is 0 Å². The molecule has 0 fully saturated rings. The number of nitro groups is 1. The van der Waals surface area contributed by atoms with Crippen molar-refractivity contribution < 1.29 is 4.92 Å². The SMILES string of the molecule is O=[N+]([O-])c1ccc(N[C@@H]2CCCc3c2[nH]c2ccccc32)cc1. The number of para-hydroxylation sites is 1. The Morgan fingerprint density at radius 2 is 1.91 bits per heavy atom. The Morgan fingerprint density at radius 3 is 2.70 bits per heavy atom. The number of fused-ring (bicyclic) bond motifs is 3. The zero-order chi connectivity index (χ0) is 15.8. The molecule has 116 valence electrons. The van der Waals surface area contributed by atoms with E-state index in [0.29, 0.717) is 0 Å². The van der Waals surface area contributed by atoms with Gasteiger partial charge in [-0.2, -0.15) is 0 Å². The smallest absolute Gasteiger partial charge is 0.269 e. The van der Waals surface area contributed by atoms with Crippen LogP contribution in [0.4, 0.5) is 11.4 Å². The number of aromatic nitrogens is 1. The Balaban J connectivity index is 1.65. The second kappa shape index (κ2) is 5.43. The van der Waals surface area contributed by atoms with E-state index < -0.39 is 0 Å². The molecule has 0 saturated carbocycles. The topological polar surface area (TPSA) is 71.0 Å². The first-order valence-corrected chi connectivity index (χ1v) is 7.83. The van der Waals surface area contributed by atoms with Crippen molar-refractivity contribution in [3.8, 4) is 0 Å². The lowest BCUT2D eigenvalue weighted by molar-refractivity contribution is -0.384. The minimum Gasteiger partial charge on any atom is -0.377 e. The quantitative estimate of drug-likeness (QED) is 0.550. The molecule has 0 amide bonds. The van der Waals surface area contributed by atoms with Gasteiger partial charge in [0.05, 0.1) is 11.0 Å². The number of hydrogen-bond acceptors (Lipinski definition) is 3. The summed E-state index contributed by atoms with van der Waals surface area (Å²) in [6.45, 7) is 0. The molecule has 4 rings (SSSR count). The van der Waals surface area contributed by atoms with Crippen LogP contribution < -0.4 is 5.32 Å². The number of nitrogens with zero attached hydrogens (tertiary/aromatic N) is 1. The third-order valence-electron chi connectivity index (χ3n) is 4.53. The number of H-pyrrole nitrogens is 1. The van der Waals surface area contributed by atoms with Gasteiger partial charge in [-0.05, 0) is 43.0 Å². The Kier molecular flexibility index (Phi) is 3.26. The van der Waals surface area contributed by atoms with Crippen LogP contribution in [0.15, 0.2) is 48.5 Å². The monoisotopic (exact) mass is 307 g/mol. The third-order valence-corrected chi connectivity index (χ3v) is 4.53. The Bertz CT molecular complexity index is 868. The standard InChI is InChI=1S/C18H17N3O2/c22-21(23)13-10-8-12(9-11-13)19-17-7-3-5-15-14-4-1-2-6-16(14)20-18(15)17/h1-2,4,6,8-11,17,19-20H,3,5,7H2/t17-/m1/s1. The summed E-state index contributed by atoms with van der Waals surface area (Å²) in [5.41, 5.74) is 4.84. The molecule has 2 aromatic carbocycles. The van der Waals surface area contributed by atoms with Gasteiger partial charge < -0.3 is 10.3 Å². The molecule has 1 atom stereocenters. The summed E-state index contributed by atoms with van der Waals surface area (Å²) >= 11 is 0. The van der Waals surface area contributed by atoms with Crippen molar-refractivity contribution in [1.29, 1.82) is 0 Å². The minimum atomic E-state index is -0.375. The molecule has 0 spiro atoms. The highest BCUT2D eigenvalue weighted by molar-refractivity contribution is 5.85. The fourth-order valence-corrected chi connectivity index (χ4v) is 3.44. The highest BCUT2D eigenvalue weighted by atomic mass is 16.6. The van der Waals surface area contributed by atoms with E-state index >= 15 is 0 Å². The molecule has 0 aliphatic heterocycles. The van der Waals surface area contributed by atoms with Gasteiger partial charge in [0.1, 0.15) is 0 Å². The van der Waals surface area contributed by atoms with Crippen LogP contribution in [0.2, 0.25) is 0 Å². The fourth-order valence-electron chi connectivity index (χ4n) is 3.44. The van der Waals surface area contributed by atoms with Crippen LogP contribution in [-0.4, -0.2) is 9.91 Å². The van der Waals surface area contributed by atoms with Gasteiger partial charge in [-0.3, -0.25) is 10.1 Å². The molecule has 5 nitrogen and oxygen atoms in total. The summed E-state index contributed by atoms with van der Waals surface area (Å²) in [7, 11) is 0. The summed E-state index contributed by atoms with van der Waals surface area (Å²) in [4.78, 5) is 13.9. The Hall–Kier alpha value is -2.82. The lowest BCUT2D eigenvalue weighted by Crippen LogP contribution is -2.17. The molecule has 1 aliphatic rings. The van der Waals surface area contributed by atoms with E-state index in [4.69, 9.17) is 0 Å². The number of rotatable bonds is 3. The van der Waals surface area contributed by atoms with Crippen LogP contribution in [0.1, 0.15) is 30.1 Å². The van der Waals surface area contributed by atoms with Crippen LogP contribution in [0.25, 0.3) is 10.9 Å². The van der Waals surface area contributed by atoms with E-state index in [1.807, 2.05) is 6.07 Å². The van der Waals surface area contributed by atoms with Gasteiger partial charge in [0.2, 0.25) is 0 Å². The van der Waals surface area contributed by atoms with E-state index in [-0.39, 0.29) is 16.7 Å². The lowest BCUT2D eigenvalue weighted by Gasteiger charge is -2.24. The number of benzene rings is 2. The molecule has 23 heavy (non-hydrogen) atoms. The van der Waals surface area contributed by atoms with Gasteiger partial charge in [-0.1, -0.05) is 18.2 Å². The van der Waals surface area contributed by atoms with Crippen molar-refractivity contribution >= 4 is 22.3 Å². The maximum Gasteiger partial charge on any atom is 0.269 e. The van der Waals surface area contributed by atoms with E-state index in [1.54, 1.807) is 12.1 Å². The van der Waals surface area contributed by atoms with Crippen molar-refractivity contribution in [2.75, 3.05) is 5.32 Å². The van der Waals surface area contributed by atoms with Crippen molar-refractivity contribution in [2.45, 2.75) is 25.3 Å². The largest absolute Gasteiger partial charge is 0.377 e. The number of aromatic amines is 1. The molecule has 1 aliphatic carbocycles. The maximum atomic E-state index is 10.7. The van der Waals surface area contributed by atoms with E-state index in [0.717, 1.165) is 24.9 Å². The molecule has 2 N–H and O–H groups in total. The molecule has 5 heteroatoms. The highest BCUT2D eigenvalue weighted by Gasteiger charge is 2.24. The van der Waals surface area contributed by atoms with Crippen LogP contribution in [0, 0.1) is 10.1 Å². The summed E-state index contributed by atoms with van der Waals surface area (Å²) in [5, 5.41) is 15.6. The molecule has 1 aromatic heterocycles. The second-order valence-corrected chi connectivity index (χ2v) is 5.96. The first kappa shape index (κ1) is 13.8. The number of nitro benzene ring substituents is 1. The molecular weight excluding hydrogens is 290 g/mol. The third kappa shape index (κ3) is 2.44. The first-order valence-electron chi connectivity index (χ1n) is 7.83. The van der Waals surface area contributed by atoms with Crippen molar-refractivity contribution in [1.82, 2.24) is 4.98 Å². The Morgan fingerprint density at radius 1 is 1.13 bits per heavy atom. The van der Waals surface area contributed by atoms with Gasteiger partial charge in [0, 0.05) is 34.4 Å². The van der Waals surface area contributed by atoms with Crippen LogP contribution >= 0.6 is 0 Å². The normalized spacial score (nSPS) is 17.0. The fraction of sp³-hybridized carbons (Fsp3) is 0.222. The molecule has 3 aromatic rings.